The van der Waals surface area contributed by atoms with Crippen LogP contribution in [0.1, 0.15) is 13.8 Å². The second-order valence-corrected chi connectivity index (χ2v) is 7.56. The number of aromatic nitrogens is 3. The third kappa shape index (κ3) is 2.44. The quantitative estimate of drug-likeness (QED) is 0.818. The summed E-state index contributed by atoms with van der Waals surface area (Å²) in [7, 11) is -2.00. The van der Waals surface area contributed by atoms with E-state index in [1.54, 1.807) is 7.05 Å². The largest absolute Gasteiger partial charge is 0.309 e. The molecule has 102 valence electrons. The van der Waals surface area contributed by atoms with Crippen LogP contribution in [0.15, 0.2) is 9.63 Å². The Labute approximate surface area is 115 Å². The van der Waals surface area contributed by atoms with Gasteiger partial charge in [0.25, 0.3) is 10.0 Å². The molecule has 1 aliphatic heterocycles. The SMILES string of the molecule is Cn1nnc(Br)c1S(=O)(=O)N1CCNC(C)(C)C1. The van der Waals surface area contributed by atoms with Crippen molar-refractivity contribution in [1.29, 1.82) is 0 Å². The number of rotatable bonds is 2. The molecule has 18 heavy (non-hydrogen) atoms. The molecule has 9 heteroatoms. The average molecular weight is 338 g/mol. The summed E-state index contributed by atoms with van der Waals surface area (Å²) in [4.78, 5) is 0. The third-order valence-corrected chi connectivity index (χ3v) is 5.59. The molecule has 7 nitrogen and oxygen atoms in total. The number of nitrogens with one attached hydrogen (secondary N) is 1. The van der Waals surface area contributed by atoms with E-state index in [-0.39, 0.29) is 15.2 Å². The summed E-state index contributed by atoms with van der Waals surface area (Å²) in [6.07, 6.45) is 0. The van der Waals surface area contributed by atoms with Crippen LogP contribution in [0.3, 0.4) is 0 Å². The summed E-state index contributed by atoms with van der Waals surface area (Å²) in [6.45, 7) is 5.46. The topological polar surface area (TPSA) is 80.1 Å². The summed E-state index contributed by atoms with van der Waals surface area (Å²) < 4.78 is 28.1. The van der Waals surface area contributed by atoms with E-state index in [1.807, 2.05) is 13.8 Å². The highest BCUT2D eigenvalue weighted by Crippen LogP contribution is 2.24. The van der Waals surface area contributed by atoms with Crippen molar-refractivity contribution >= 4 is 26.0 Å². The predicted octanol–water partition coefficient (Wildman–Crippen LogP) is -0.0499. The first-order valence-corrected chi connectivity index (χ1v) is 7.78. The molecule has 0 unspecified atom stereocenters. The van der Waals surface area contributed by atoms with Crippen LogP contribution in [0.4, 0.5) is 0 Å². The van der Waals surface area contributed by atoms with Gasteiger partial charge in [0.15, 0.2) is 4.60 Å². The van der Waals surface area contributed by atoms with Crippen LogP contribution in [-0.2, 0) is 17.1 Å². The molecule has 1 fully saturated rings. The molecule has 0 atom stereocenters. The number of hydrogen-bond acceptors (Lipinski definition) is 5. The number of sulfonamides is 1. The molecule has 0 spiro atoms. The van der Waals surface area contributed by atoms with E-state index in [1.165, 1.54) is 8.99 Å². The Morgan fingerprint density at radius 1 is 1.44 bits per heavy atom. The normalized spacial score (nSPS) is 21.1. The van der Waals surface area contributed by atoms with Crippen molar-refractivity contribution in [1.82, 2.24) is 24.6 Å². The smallest absolute Gasteiger partial charge is 0.263 e. The average Bonchev–Trinajstić information content (AvgIpc) is 2.57. The zero-order valence-corrected chi connectivity index (χ0v) is 12.9. The molecule has 0 bridgehead atoms. The van der Waals surface area contributed by atoms with E-state index < -0.39 is 10.0 Å². The minimum atomic E-state index is -3.57. The van der Waals surface area contributed by atoms with Gasteiger partial charge in [-0.2, -0.15) is 4.31 Å². The molecule has 1 aromatic rings. The van der Waals surface area contributed by atoms with E-state index in [9.17, 15) is 8.42 Å². The van der Waals surface area contributed by atoms with Crippen LogP contribution >= 0.6 is 15.9 Å². The van der Waals surface area contributed by atoms with Crippen molar-refractivity contribution in [3.63, 3.8) is 0 Å². The molecular weight excluding hydrogens is 322 g/mol. The monoisotopic (exact) mass is 337 g/mol. The Balaban J connectivity index is 2.38. The Morgan fingerprint density at radius 3 is 2.61 bits per heavy atom. The molecular formula is C9H16BrN5O2S. The maximum atomic E-state index is 12.5. The van der Waals surface area contributed by atoms with Gasteiger partial charge in [0.2, 0.25) is 5.03 Å². The lowest BCUT2D eigenvalue weighted by Gasteiger charge is -2.38. The lowest BCUT2D eigenvalue weighted by atomic mass is 10.0. The fourth-order valence-electron chi connectivity index (χ4n) is 2.02. The standard InChI is InChI=1S/C9H16BrN5O2S/c1-9(2)6-15(5-4-11-9)18(16,17)8-7(10)12-13-14(8)3/h11H,4-6H2,1-3H3. The highest BCUT2D eigenvalue weighted by Gasteiger charge is 2.36. The predicted molar refractivity (Wildman–Crippen MR) is 69.5 cm³/mol. The molecule has 1 aromatic heterocycles. The van der Waals surface area contributed by atoms with Crippen LogP contribution in [0, 0.1) is 0 Å². The fourth-order valence-corrected chi connectivity index (χ4v) is 4.65. The molecule has 0 aromatic carbocycles. The molecule has 1 N–H and O–H groups in total. The van der Waals surface area contributed by atoms with Gasteiger partial charge in [-0.1, -0.05) is 5.21 Å². The van der Waals surface area contributed by atoms with Crippen molar-refractivity contribution in [2.75, 3.05) is 19.6 Å². The lowest BCUT2D eigenvalue weighted by molar-refractivity contribution is 0.232. The summed E-state index contributed by atoms with van der Waals surface area (Å²) in [5, 5.41) is 10.8. The van der Waals surface area contributed by atoms with Crippen LogP contribution in [0.2, 0.25) is 0 Å². The van der Waals surface area contributed by atoms with Crippen molar-refractivity contribution in [2.24, 2.45) is 7.05 Å². The maximum Gasteiger partial charge on any atom is 0.263 e. The van der Waals surface area contributed by atoms with Gasteiger partial charge >= 0.3 is 0 Å². The van der Waals surface area contributed by atoms with Gasteiger partial charge in [0.05, 0.1) is 0 Å². The van der Waals surface area contributed by atoms with E-state index >= 15 is 0 Å². The zero-order chi connectivity index (χ0) is 13.6. The second kappa shape index (κ2) is 4.55. The minimum absolute atomic E-state index is 0.0974. The number of halogens is 1. The molecule has 0 radical (unpaired) electrons. The molecule has 1 aliphatic rings. The van der Waals surface area contributed by atoms with Crippen molar-refractivity contribution in [2.45, 2.75) is 24.4 Å². The minimum Gasteiger partial charge on any atom is -0.309 e. The first kappa shape index (κ1) is 13.9. The van der Waals surface area contributed by atoms with Crippen LogP contribution < -0.4 is 5.32 Å². The Hall–Kier alpha value is -0.510. The van der Waals surface area contributed by atoms with Crippen LogP contribution in [0.25, 0.3) is 0 Å². The van der Waals surface area contributed by atoms with Gasteiger partial charge < -0.3 is 5.32 Å². The van der Waals surface area contributed by atoms with E-state index in [0.717, 1.165) is 0 Å². The summed E-state index contributed by atoms with van der Waals surface area (Å²) in [6, 6.07) is 0. The summed E-state index contributed by atoms with van der Waals surface area (Å²) in [5.41, 5.74) is -0.232. The first-order valence-electron chi connectivity index (χ1n) is 5.54. The maximum absolute atomic E-state index is 12.5. The number of hydrogen-bond donors (Lipinski definition) is 1. The van der Waals surface area contributed by atoms with Crippen molar-refractivity contribution < 1.29 is 8.42 Å². The zero-order valence-electron chi connectivity index (χ0n) is 10.5. The molecule has 0 saturated carbocycles. The lowest BCUT2D eigenvalue weighted by Crippen LogP contribution is -2.58. The molecule has 0 aliphatic carbocycles. The molecule has 1 saturated heterocycles. The highest BCUT2D eigenvalue weighted by molar-refractivity contribution is 9.10. The fraction of sp³-hybridized carbons (Fsp3) is 0.778. The van der Waals surface area contributed by atoms with Crippen molar-refractivity contribution in [3.8, 4) is 0 Å². The number of nitrogens with zero attached hydrogens (tertiary/aromatic N) is 4. The van der Waals surface area contributed by atoms with E-state index in [0.29, 0.717) is 19.6 Å². The van der Waals surface area contributed by atoms with Gasteiger partial charge in [-0.15, -0.1) is 5.10 Å². The van der Waals surface area contributed by atoms with Gasteiger partial charge in [-0.25, -0.2) is 13.1 Å². The van der Waals surface area contributed by atoms with Gasteiger partial charge in [-0.05, 0) is 29.8 Å². The molecule has 2 heterocycles. The van der Waals surface area contributed by atoms with Gasteiger partial charge in [-0.3, -0.25) is 0 Å². The Morgan fingerprint density at radius 2 is 2.11 bits per heavy atom. The van der Waals surface area contributed by atoms with Gasteiger partial charge in [0.1, 0.15) is 0 Å². The summed E-state index contributed by atoms with van der Waals surface area (Å²) >= 11 is 3.13. The Bertz CT molecular complexity index is 534. The highest BCUT2D eigenvalue weighted by atomic mass is 79.9. The molecule has 0 amide bonds. The second-order valence-electron chi connectivity index (χ2n) is 4.96. The van der Waals surface area contributed by atoms with Crippen molar-refractivity contribution in [3.05, 3.63) is 4.60 Å². The number of aryl methyl sites for hydroxylation is 1. The van der Waals surface area contributed by atoms with E-state index in [4.69, 9.17) is 0 Å². The third-order valence-electron chi connectivity index (χ3n) is 2.86. The Kier molecular flexibility index (Phi) is 3.52. The van der Waals surface area contributed by atoms with Crippen LogP contribution in [0.5, 0.6) is 0 Å². The first-order chi connectivity index (χ1) is 8.24. The summed E-state index contributed by atoms with van der Waals surface area (Å²) in [5.74, 6) is 0. The van der Waals surface area contributed by atoms with E-state index in [2.05, 4.69) is 31.6 Å². The van der Waals surface area contributed by atoms with Gasteiger partial charge in [0, 0.05) is 32.2 Å². The number of piperazine rings is 1. The van der Waals surface area contributed by atoms with Crippen LogP contribution in [-0.4, -0.2) is 52.9 Å². The molecule has 2 rings (SSSR count).